The Bertz CT molecular complexity index is 1250. The van der Waals surface area contributed by atoms with Crippen LogP contribution in [-0.4, -0.2) is 16.4 Å². The van der Waals surface area contributed by atoms with Crippen molar-refractivity contribution >= 4 is 49.5 Å². The minimum absolute atomic E-state index is 0.270. The fraction of sp³-hybridized carbons (Fsp3) is 0.0455. The van der Waals surface area contributed by atoms with Crippen LogP contribution in [0.2, 0.25) is 0 Å². The minimum Gasteiger partial charge on any atom is -0.397 e. The smallest absolute Gasteiger partial charge is 0.265 e. The maximum Gasteiger partial charge on any atom is 0.265 e. The predicted molar refractivity (Wildman–Crippen MR) is 118 cm³/mol. The van der Waals surface area contributed by atoms with Crippen molar-refractivity contribution in [1.29, 1.82) is 0 Å². The van der Waals surface area contributed by atoms with Crippen LogP contribution in [0.15, 0.2) is 71.6 Å². The first-order chi connectivity index (χ1) is 13.9. The minimum atomic E-state index is -1.08. The number of anilines is 2. The number of nitrogens with one attached hydrogen (secondary N) is 1. The Morgan fingerprint density at radius 1 is 1.00 bits per heavy atom. The number of rotatable bonds is 4. The van der Waals surface area contributed by atoms with Crippen LogP contribution in [-0.2, 0) is 10.8 Å². The zero-order chi connectivity index (χ0) is 20.5. The van der Waals surface area contributed by atoms with E-state index < -0.39 is 10.8 Å². The van der Waals surface area contributed by atoms with E-state index in [0.717, 1.165) is 26.1 Å². The van der Waals surface area contributed by atoms with E-state index in [9.17, 15) is 13.4 Å². The second-order valence-corrected chi connectivity index (χ2v) is 8.99. The lowest BCUT2D eigenvalue weighted by Crippen LogP contribution is -2.11. The zero-order valence-corrected chi connectivity index (χ0v) is 17.1. The highest BCUT2D eigenvalue weighted by molar-refractivity contribution is 7.84. The van der Waals surface area contributed by atoms with Gasteiger partial charge in [0.2, 0.25) is 0 Å². The summed E-state index contributed by atoms with van der Waals surface area (Å²) in [6.07, 6.45) is 1.62. The fourth-order valence-corrected chi connectivity index (χ4v) is 4.47. The molecule has 1 amide bonds. The van der Waals surface area contributed by atoms with E-state index in [4.69, 9.17) is 5.73 Å². The third kappa shape index (κ3) is 4.06. The van der Waals surface area contributed by atoms with Crippen LogP contribution in [0.1, 0.15) is 9.67 Å². The SMILES string of the molecule is CS(=O)c1ccc2sc(C(=O)Nc3cc(-c4ccc(F)cc4)ccc3N)cc2c1. The number of carbonyl (C=O) groups excluding carboxylic acids is 1. The molecule has 1 unspecified atom stereocenters. The molecule has 3 aromatic carbocycles. The number of halogens is 1. The molecule has 1 atom stereocenters. The lowest BCUT2D eigenvalue weighted by atomic mass is 10.0. The molecule has 29 heavy (non-hydrogen) atoms. The third-order valence-corrected chi connectivity index (χ3v) is 6.56. The molecule has 0 aliphatic heterocycles. The highest BCUT2D eigenvalue weighted by Gasteiger charge is 2.13. The Balaban J connectivity index is 1.62. The third-order valence-electron chi connectivity index (χ3n) is 4.52. The molecule has 0 bridgehead atoms. The van der Waals surface area contributed by atoms with Gasteiger partial charge in [0.05, 0.1) is 16.3 Å². The van der Waals surface area contributed by atoms with E-state index in [1.807, 2.05) is 18.2 Å². The summed E-state index contributed by atoms with van der Waals surface area (Å²) < 4.78 is 25.8. The molecule has 4 nitrogen and oxygen atoms in total. The van der Waals surface area contributed by atoms with Crippen LogP contribution in [0.3, 0.4) is 0 Å². The van der Waals surface area contributed by atoms with Crippen LogP contribution in [0, 0.1) is 5.82 Å². The molecule has 0 aliphatic rings. The van der Waals surface area contributed by atoms with Crippen molar-refractivity contribution in [2.75, 3.05) is 17.3 Å². The van der Waals surface area contributed by atoms with Crippen molar-refractivity contribution < 1.29 is 13.4 Å². The molecule has 146 valence electrons. The number of nitrogen functional groups attached to an aromatic ring is 1. The van der Waals surface area contributed by atoms with Gasteiger partial charge in [-0.1, -0.05) is 18.2 Å². The summed E-state index contributed by atoms with van der Waals surface area (Å²) in [6.45, 7) is 0. The Morgan fingerprint density at radius 3 is 2.45 bits per heavy atom. The summed E-state index contributed by atoms with van der Waals surface area (Å²) in [6, 6.07) is 18.7. The van der Waals surface area contributed by atoms with Gasteiger partial charge in [0.1, 0.15) is 5.82 Å². The Morgan fingerprint density at radius 2 is 1.72 bits per heavy atom. The first-order valence-electron chi connectivity index (χ1n) is 8.74. The first-order valence-corrected chi connectivity index (χ1v) is 11.1. The number of amides is 1. The van der Waals surface area contributed by atoms with Crippen LogP contribution >= 0.6 is 11.3 Å². The average molecular weight is 425 g/mol. The van der Waals surface area contributed by atoms with Gasteiger partial charge >= 0.3 is 0 Å². The lowest BCUT2D eigenvalue weighted by Gasteiger charge is -2.10. The van der Waals surface area contributed by atoms with Gasteiger partial charge in [-0.3, -0.25) is 9.00 Å². The Kier molecular flexibility index (Phi) is 5.17. The van der Waals surface area contributed by atoms with Gasteiger partial charge in [-0.25, -0.2) is 4.39 Å². The highest BCUT2D eigenvalue weighted by Crippen LogP contribution is 2.31. The zero-order valence-electron chi connectivity index (χ0n) is 15.4. The predicted octanol–water partition coefficient (Wildman–Crippen LogP) is 5.28. The van der Waals surface area contributed by atoms with Gasteiger partial charge in [-0.2, -0.15) is 0 Å². The molecular formula is C22H17FN2O2S2. The molecular weight excluding hydrogens is 407 g/mol. The molecule has 0 spiro atoms. The maximum absolute atomic E-state index is 13.2. The fourth-order valence-electron chi connectivity index (χ4n) is 2.98. The van der Waals surface area contributed by atoms with Crippen LogP contribution in [0.25, 0.3) is 21.2 Å². The molecule has 4 aromatic rings. The summed E-state index contributed by atoms with van der Waals surface area (Å²) in [5.74, 6) is -0.578. The molecule has 7 heteroatoms. The van der Waals surface area contributed by atoms with Gasteiger partial charge < -0.3 is 11.1 Å². The van der Waals surface area contributed by atoms with E-state index in [0.29, 0.717) is 16.3 Å². The normalized spacial score (nSPS) is 12.1. The topological polar surface area (TPSA) is 72.2 Å². The molecule has 0 fully saturated rings. The van der Waals surface area contributed by atoms with E-state index in [1.165, 1.54) is 23.5 Å². The number of nitrogens with two attached hydrogens (primary N) is 1. The summed E-state index contributed by atoms with van der Waals surface area (Å²) in [5, 5.41) is 3.73. The van der Waals surface area contributed by atoms with Gasteiger partial charge in [0, 0.05) is 26.7 Å². The molecule has 0 saturated carbocycles. The quantitative estimate of drug-likeness (QED) is 0.438. The molecule has 1 heterocycles. The summed E-state index contributed by atoms with van der Waals surface area (Å²) in [7, 11) is -1.08. The van der Waals surface area contributed by atoms with Crippen molar-refractivity contribution in [3.05, 3.63) is 77.4 Å². The summed E-state index contributed by atoms with van der Waals surface area (Å²) >= 11 is 1.36. The number of benzene rings is 3. The van der Waals surface area contributed by atoms with E-state index in [-0.39, 0.29) is 11.7 Å². The van der Waals surface area contributed by atoms with Crippen LogP contribution < -0.4 is 11.1 Å². The van der Waals surface area contributed by atoms with E-state index >= 15 is 0 Å². The largest absolute Gasteiger partial charge is 0.397 e. The number of carbonyl (C=O) groups is 1. The van der Waals surface area contributed by atoms with Crippen molar-refractivity contribution in [1.82, 2.24) is 0 Å². The van der Waals surface area contributed by atoms with E-state index in [1.54, 1.807) is 42.7 Å². The van der Waals surface area contributed by atoms with Gasteiger partial charge in [-0.05, 0) is 65.0 Å². The molecule has 0 radical (unpaired) electrons. The van der Waals surface area contributed by atoms with Gasteiger partial charge in [0.15, 0.2) is 0 Å². The van der Waals surface area contributed by atoms with Gasteiger partial charge in [-0.15, -0.1) is 11.3 Å². The Labute approximate surface area is 173 Å². The van der Waals surface area contributed by atoms with Gasteiger partial charge in [0.25, 0.3) is 5.91 Å². The maximum atomic E-state index is 13.2. The molecule has 1 aromatic heterocycles. The van der Waals surface area contributed by atoms with Crippen LogP contribution in [0.5, 0.6) is 0 Å². The van der Waals surface area contributed by atoms with Crippen molar-refractivity contribution in [2.24, 2.45) is 0 Å². The standard InChI is InChI=1S/C22H17FN2O2S2/c1-29(27)17-7-9-20-15(10-17)12-21(28-20)22(26)25-19-11-14(4-8-18(19)24)13-2-5-16(23)6-3-13/h2-12H,24H2,1H3,(H,25,26). The average Bonchev–Trinajstić information content (AvgIpc) is 3.14. The highest BCUT2D eigenvalue weighted by atomic mass is 32.2. The number of thiophene rings is 1. The summed E-state index contributed by atoms with van der Waals surface area (Å²) in [5.41, 5.74) is 8.61. The molecule has 0 saturated heterocycles. The van der Waals surface area contributed by atoms with Crippen LogP contribution in [0.4, 0.5) is 15.8 Å². The Hall–Kier alpha value is -3.03. The lowest BCUT2D eigenvalue weighted by molar-refractivity contribution is 0.103. The number of hydrogen-bond donors (Lipinski definition) is 2. The van der Waals surface area contributed by atoms with E-state index in [2.05, 4.69) is 5.32 Å². The molecule has 4 rings (SSSR count). The molecule has 0 aliphatic carbocycles. The second-order valence-electron chi connectivity index (χ2n) is 6.53. The monoisotopic (exact) mass is 424 g/mol. The second kappa shape index (κ2) is 7.77. The van der Waals surface area contributed by atoms with Crippen molar-refractivity contribution in [3.8, 4) is 11.1 Å². The molecule has 3 N–H and O–H groups in total. The van der Waals surface area contributed by atoms with Crippen molar-refractivity contribution in [2.45, 2.75) is 4.90 Å². The summed E-state index contributed by atoms with van der Waals surface area (Å²) in [4.78, 5) is 14.0. The first kappa shape index (κ1) is 19.3. The van der Waals surface area contributed by atoms with Crippen molar-refractivity contribution in [3.63, 3.8) is 0 Å². The number of fused-ring (bicyclic) bond motifs is 1. The number of hydrogen-bond acceptors (Lipinski definition) is 4.